The summed E-state index contributed by atoms with van der Waals surface area (Å²) >= 11 is 11.9. The third-order valence-electron chi connectivity index (χ3n) is 3.71. The smallest absolute Gasteiger partial charge is 0.225 e. The highest BCUT2D eigenvalue weighted by molar-refractivity contribution is 6.35. The van der Waals surface area contributed by atoms with Crippen molar-refractivity contribution in [3.05, 3.63) is 33.8 Å². The highest BCUT2D eigenvalue weighted by Gasteiger charge is 2.26. The van der Waals surface area contributed by atoms with Crippen LogP contribution in [-0.4, -0.2) is 29.8 Å². The van der Waals surface area contributed by atoms with Gasteiger partial charge in [-0.15, -0.1) is 0 Å². The molecule has 114 valence electrons. The van der Waals surface area contributed by atoms with Crippen molar-refractivity contribution in [2.45, 2.75) is 26.3 Å². The van der Waals surface area contributed by atoms with E-state index in [4.69, 9.17) is 23.2 Å². The molecule has 1 N–H and O–H groups in total. The van der Waals surface area contributed by atoms with Gasteiger partial charge in [0.1, 0.15) is 0 Å². The number of halogens is 2. The Morgan fingerprint density at radius 2 is 2.14 bits per heavy atom. The summed E-state index contributed by atoms with van der Waals surface area (Å²) in [6.45, 7) is 3.14. The van der Waals surface area contributed by atoms with Crippen LogP contribution < -0.4 is 5.32 Å². The first kappa shape index (κ1) is 16.1. The van der Waals surface area contributed by atoms with E-state index in [9.17, 15) is 9.59 Å². The molecule has 21 heavy (non-hydrogen) atoms. The molecule has 1 aliphatic rings. The van der Waals surface area contributed by atoms with Gasteiger partial charge in [-0.2, -0.15) is 0 Å². The van der Waals surface area contributed by atoms with Crippen LogP contribution in [-0.2, 0) is 16.1 Å². The van der Waals surface area contributed by atoms with Crippen LogP contribution in [0.5, 0.6) is 0 Å². The number of benzene rings is 1. The molecule has 1 saturated heterocycles. The Hall–Kier alpha value is -1.26. The van der Waals surface area contributed by atoms with Crippen molar-refractivity contribution in [3.8, 4) is 0 Å². The van der Waals surface area contributed by atoms with Gasteiger partial charge in [0.15, 0.2) is 0 Å². The average Bonchev–Trinajstić information content (AvgIpc) is 2.46. The molecule has 2 amide bonds. The molecule has 4 nitrogen and oxygen atoms in total. The van der Waals surface area contributed by atoms with Gasteiger partial charge in [-0.25, -0.2) is 0 Å². The van der Waals surface area contributed by atoms with Crippen molar-refractivity contribution in [2.24, 2.45) is 5.92 Å². The molecular formula is C15H18Cl2N2O2. The lowest BCUT2D eigenvalue weighted by molar-refractivity contribution is -0.134. The standard InChI is InChI=1S/C15H18Cl2N2O2/c1-10(20)19-6-2-3-12(9-19)15(21)18-8-11-4-5-13(16)7-14(11)17/h4-5,7,12H,2-3,6,8-9H2,1H3,(H,18,21)/t12-/m0/s1. The Morgan fingerprint density at radius 3 is 2.81 bits per heavy atom. The van der Waals surface area contributed by atoms with Crippen molar-refractivity contribution in [1.82, 2.24) is 10.2 Å². The van der Waals surface area contributed by atoms with Crippen LogP contribution in [0.15, 0.2) is 18.2 Å². The minimum atomic E-state index is -0.145. The number of piperidine rings is 1. The molecule has 0 radical (unpaired) electrons. The summed E-state index contributed by atoms with van der Waals surface area (Å²) in [5.74, 6) is -0.158. The lowest BCUT2D eigenvalue weighted by Gasteiger charge is -2.31. The molecule has 1 heterocycles. The van der Waals surface area contributed by atoms with Crippen molar-refractivity contribution < 1.29 is 9.59 Å². The second-order valence-corrected chi connectivity index (χ2v) is 6.10. The topological polar surface area (TPSA) is 49.4 Å². The van der Waals surface area contributed by atoms with E-state index in [2.05, 4.69) is 5.32 Å². The van der Waals surface area contributed by atoms with Gasteiger partial charge in [0.05, 0.1) is 5.92 Å². The highest BCUT2D eigenvalue weighted by atomic mass is 35.5. The Kier molecular flexibility index (Phi) is 5.48. The molecule has 0 aromatic heterocycles. The number of carbonyl (C=O) groups excluding carboxylic acids is 2. The second kappa shape index (κ2) is 7.14. The molecule has 0 spiro atoms. The van der Waals surface area contributed by atoms with Crippen LogP contribution >= 0.6 is 23.2 Å². The van der Waals surface area contributed by atoms with Crippen molar-refractivity contribution in [1.29, 1.82) is 0 Å². The number of amides is 2. The van der Waals surface area contributed by atoms with Crippen LogP contribution in [0.25, 0.3) is 0 Å². The number of rotatable bonds is 3. The predicted molar refractivity (Wildman–Crippen MR) is 83.3 cm³/mol. The third kappa shape index (κ3) is 4.35. The van der Waals surface area contributed by atoms with Crippen molar-refractivity contribution >= 4 is 35.0 Å². The molecule has 1 atom stereocenters. The van der Waals surface area contributed by atoms with Gasteiger partial charge in [-0.1, -0.05) is 29.3 Å². The van der Waals surface area contributed by atoms with Crippen LogP contribution in [0.1, 0.15) is 25.3 Å². The lowest BCUT2D eigenvalue weighted by Crippen LogP contribution is -2.44. The molecule has 0 saturated carbocycles. The van der Waals surface area contributed by atoms with Gasteiger partial charge in [0.2, 0.25) is 11.8 Å². The van der Waals surface area contributed by atoms with Crippen molar-refractivity contribution in [3.63, 3.8) is 0 Å². The normalized spacial score (nSPS) is 18.4. The maximum atomic E-state index is 12.2. The number of nitrogens with one attached hydrogen (secondary N) is 1. The number of carbonyl (C=O) groups is 2. The lowest BCUT2D eigenvalue weighted by atomic mass is 9.97. The maximum absolute atomic E-state index is 12.2. The second-order valence-electron chi connectivity index (χ2n) is 5.26. The Balaban J connectivity index is 1.90. The molecule has 0 aliphatic carbocycles. The molecule has 2 rings (SSSR count). The van der Waals surface area contributed by atoms with Gasteiger partial charge in [0.25, 0.3) is 0 Å². The zero-order valence-electron chi connectivity index (χ0n) is 11.9. The molecule has 6 heteroatoms. The first-order valence-corrected chi connectivity index (χ1v) is 7.70. The predicted octanol–water partition coefficient (Wildman–Crippen LogP) is 2.87. The number of hydrogen-bond donors (Lipinski definition) is 1. The fourth-order valence-corrected chi connectivity index (χ4v) is 2.94. The van der Waals surface area contributed by atoms with E-state index >= 15 is 0 Å². The average molecular weight is 329 g/mol. The summed E-state index contributed by atoms with van der Waals surface area (Å²) in [6, 6.07) is 5.20. The summed E-state index contributed by atoms with van der Waals surface area (Å²) in [6.07, 6.45) is 1.67. The van der Waals surface area contributed by atoms with E-state index in [1.807, 2.05) is 0 Å². The van der Waals surface area contributed by atoms with Gasteiger partial charge in [-0.3, -0.25) is 9.59 Å². The van der Waals surface area contributed by atoms with E-state index in [0.29, 0.717) is 23.1 Å². The van der Waals surface area contributed by atoms with E-state index in [1.54, 1.807) is 23.1 Å². The highest BCUT2D eigenvalue weighted by Crippen LogP contribution is 2.21. The van der Waals surface area contributed by atoms with Crippen LogP contribution in [0.3, 0.4) is 0 Å². The Labute approximate surface area is 134 Å². The van der Waals surface area contributed by atoms with E-state index in [0.717, 1.165) is 24.9 Å². The molecular weight excluding hydrogens is 311 g/mol. The first-order valence-electron chi connectivity index (χ1n) is 6.94. The van der Waals surface area contributed by atoms with E-state index < -0.39 is 0 Å². The van der Waals surface area contributed by atoms with Crippen molar-refractivity contribution in [2.75, 3.05) is 13.1 Å². The largest absolute Gasteiger partial charge is 0.352 e. The molecule has 0 bridgehead atoms. The SMILES string of the molecule is CC(=O)N1CCC[C@H](C(=O)NCc2ccc(Cl)cc2Cl)C1. The van der Waals surface area contributed by atoms with E-state index in [-0.39, 0.29) is 17.7 Å². The van der Waals surface area contributed by atoms with Gasteiger partial charge in [-0.05, 0) is 30.5 Å². The van der Waals surface area contributed by atoms with Gasteiger partial charge >= 0.3 is 0 Å². The summed E-state index contributed by atoms with van der Waals surface area (Å²) in [7, 11) is 0. The summed E-state index contributed by atoms with van der Waals surface area (Å²) in [4.78, 5) is 25.3. The molecule has 1 aliphatic heterocycles. The quantitative estimate of drug-likeness (QED) is 0.927. The number of likely N-dealkylation sites (tertiary alicyclic amines) is 1. The van der Waals surface area contributed by atoms with E-state index in [1.165, 1.54) is 6.92 Å². The monoisotopic (exact) mass is 328 g/mol. The van der Waals surface area contributed by atoms with Crippen LogP contribution in [0, 0.1) is 5.92 Å². The minimum absolute atomic E-state index is 0.0215. The number of nitrogens with zero attached hydrogens (tertiary/aromatic N) is 1. The minimum Gasteiger partial charge on any atom is -0.352 e. The molecule has 1 aromatic carbocycles. The van der Waals surface area contributed by atoms with Gasteiger partial charge in [0, 0.05) is 36.6 Å². The van der Waals surface area contributed by atoms with Crippen LogP contribution in [0.2, 0.25) is 10.0 Å². The molecule has 1 aromatic rings. The fourth-order valence-electron chi connectivity index (χ4n) is 2.47. The molecule has 1 fully saturated rings. The first-order chi connectivity index (χ1) is 9.97. The third-order valence-corrected chi connectivity index (χ3v) is 4.29. The number of hydrogen-bond acceptors (Lipinski definition) is 2. The van der Waals surface area contributed by atoms with Gasteiger partial charge < -0.3 is 10.2 Å². The molecule has 0 unspecified atom stereocenters. The Morgan fingerprint density at radius 1 is 1.38 bits per heavy atom. The zero-order valence-corrected chi connectivity index (χ0v) is 13.4. The summed E-state index contributed by atoms with van der Waals surface area (Å²) in [5, 5.41) is 3.99. The maximum Gasteiger partial charge on any atom is 0.225 e. The summed E-state index contributed by atoms with van der Waals surface area (Å²) in [5.41, 5.74) is 0.827. The summed E-state index contributed by atoms with van der Waals surface area (Å²) < 4.78 is 0. The van der Waals surface area contributed by atoms with Crippen LogP contribution in [0.4, 0.5) is 0 Å². The Bertz CT molecular complexity index is 548. The fraction of sp³-hybridized carbons (Fsp3) is 0.467. The zero-order chi connectivity index (χ0) is 15.4.